The van der Waals surface area contributed by atoms with Gasteiger partial charge < -0.3 is 9.13 Å². The van der Waals surface area contributed by atoms with Crippen molar-refractivity contribution in [1.29, 1.82) is 21.0 Å². The normalized spacial score (nSPS) is 11.1. The van der Waals surface area contributed by atoms with Crippen LogP contribution in [0, 0.1) is 45.3 Å². The van der Waals surface area contributed by atoms with Gasteiger partial charge in [-0.25, -0.2) is 15.0 Å². The van der Waals surface area contributed by atoms with Crippen molar-refractivity contribution in [3.05, 3.63) is 222 Å². The Balaban J connectivity index is 1.28. The topological polar surface area (TPSA) is 144 Å². The zero-order valence-corrected chi connectivity index (χ0v) is 37.1. The van der Waals surface area contributed by atoms with Gasteiger partial charge in [0, 0.05) is 55.0 Å². The van der Waals surface area contributed by atoms with Gasteiger partial charge in [-0.1, -0.05) is 121 Å². The minimum atomic E-state index is 0.305. The first-order valence-corrected chi connectivity index (χ1v) is 22.5. The molecule has 9 aromatic carbocycles. The van der Waals surface area contributed by atoms with E-state index in [1.807, 2.05) is 103 Å². The average molecular weight is 892 g/mol. The number of rotatable bonds is 7. The second-order valence-electron chi connectivity index (χ2n) is 16.9. The third kappa shape index (κ3) is 6.80. The van der Waals surface area contributed by atoms with Crippen LogP contribution >= 0.6 is 0 Å². The average Bonchev–Trinajstić information content (AvgIpc) is 3.95. The van der Waals surface area contributed by atoms with Gasteiger partial charge in [-0.05, 0) is 90.0 Å². The minimum Gasteiger partial charge on any atom is -0.309 e. The van der Waals surface area contributed by atoms with Crippen molar-refractivity contribution < 1.29 is 0 Å². The standard InChI is InChI=1S/C61H33N9/c62-34-38-26-39(35-63)29-44(28-38)51-32-46(61-67-59(42-14-4-1-5-15-42)66-60(68-61)43-16-6-2-7-17-43)33-52(45-30-40(36-64)27-41(31-45)37-65)57(51)70-54-23-13-11-21-50(54)56-55(70)25-24-49-48-20-10-12-22-53(48)69(58(49)56)47-18-8-3-9-19-47/h1-33H. The number of benzene rings is 9. The number of hydrogen-bond acceptors (Lipinski definition) is 7. The molecule has 9 heteroatoms. The van der Waals surface area contributed by atoms with Gasteiger partial charge in [-0.2, -0.15) is 21.0 Å². The molecular weight excluding hydrogens is 859 g/mol. The second kappa shape index (κ2) is 16.8. The Morgan fingerprint density at radius 2 is 0.757 bits per heavy atom. The van der Waals surface area contributed by atoms with Gasteiger partial charge in [0.15, 0.2) is 17.5 Å². The highest BCUT2D eigenvalue weighted by Crippen LogP contribution is 2.47. The molecule has 0 spiro atoms. The van der Waals surface area contributed by atoms with E-state index in [1.165, 1.54) is 0 Å². The van der Waals surface area contributed by atoms with Crippen LogP contribution in [-0.2, 0) is 0 Å². The molecule has 0 N–H and O–H groups in total. The molecule has 0 unspecified atom stereocenters. The molecule has 70 heavy (non-hydrogen) atoms. The van der Waals surface area contributed by atoms with Crippen molar-refractivity contribution in [3.63, 3.8) is 0 Å². The van der Waals surface area contributed by atoms with Crippen LogP contribution in [-0.4, -0.2) is 24.1 Å². The highest BCUT2D eigenvalue weighted by atomic mass is 15.0. The molecule has 0 aliphatic heterocycles. The van der Waals surface area contributed by atoms with Crippen molar-refractivity contribution in [3.8, 4) is 92.1 Å². The first kappa shape index (κ1) is 41.0. The molecule has 0 aliphatic carbocycles. The molecule has 12 aromatic rings. The van der Waals surface area contributed by atoms with Gasteiger partial charge in [-0.15, -0.1) is 0 Å². The summed E-state index contributed by atoms with van der Waals surface area (Å²) >= 11 is 0. The summed E-state index contributed by atoms with van der Waals surface area (Å²) in [5.41, 5.74) is 11.5. The van der Waals surface area contributed by atoms with Gasteiger partial charge in [-0.3, -0.25) is 0 Å². The SMILES string of the molecule is N#Cc1cc(C#N)cc(-c2cc(-c3nc(-c4ccccc4)nc(-c4ccccc4)n3)cc(-c3cc(C#N)cc(C#N)c3)c2-n2c3ccccc3c3c2ccc2c4ccccc4n(-c4ccccc4)c23)c1. The second-order valence-corrected chi connectivity index (χ2v) is 16.9. The summed E-state index contributed by atoms with van der Waals surface area (Å²) in [4.78, 5) is 15.3. The van der Waals surface area contributed by atoms with E-state index in [4.69, 9.17) is 15.0 Å². The molecule has 0 atom stereocenters. The van der Waals surface area contributed by atoms with Crippen LogP contribution in [0.4, 0.5) is 0 Å². The Kier molecular flexibility index (Phi) is 9.82. The maximum Gasteiger partial charge on any atom is 0.164 e. The van der Waals surface area contributed by atoms with E-state index in [9.17, 15) is 21.0 Å². The van der Waals surface area contributed by atoms with E-state index in [0.29, 0.717) is 73.2 Å². The van der Waals surface area contributed by atoms with Crippen molar-refractivity contribution >= 4 is 43.6 Å². The lowest BCUT2D eigenvalue weighted by atomic mass is 9.90. The number of hydrogen-bond donors (Lipinski definition) is 0. The van der Waals surface area contributed by atoms with Crippen molar-refractivity contribution in [2.75, 3.05) is 0 Å². The summed E-state index contributed by atoms with van der Waals surface area (Å²) < 4.78 is 4.56. The third-order valence-electron chi connectivity index (χ3n) is 12.8. The number of nitriles is 4. The molecule has 9 nitrogen and oxygen atoms in total. The zero-order valence-electron chi connectivity index (χ0n) is 37.1. The van der Waals surface area contributed by atoms with Gasteiger partial charge in [0.05, 0.1) is 74.3 Å². The largest absolute Gasteiger partial charge is 0.309 e. The Bertz CT molecular complexity index is 4060. The molecule has 0 amide bonds. The summed E-state index contributed by atoms with van der Waals surface area (Å²) in [6.07, 6.45) is 0. The van der Waals surface area contributed by atoms with Crippen molar-refractivity contribution in [2.24, 2.45) is 0 Å². The van der Waals surface area contributed by atoms with E-state index in [2.05, 4.69) is 94.1 Å². The highest BCUT2D eigenvalue weighted by Gasteiger charge is 2.26. The lowest BCUT2D eigenvalue weighted by Gasteiger charge is -2.21. The summed E-state index contributed by atoms with van der Waals surface area (Å²) in [6, 6.07) is 74.4. The van der Waals surface area contributed by atoms with E-state index in [0.717, 1.165) is 60.4 Å². The molecule has 0 fully saturated rings. The molecule has 0 radical (unpaired) electrons. The Morgan fingerprint density at radius 1 is 0.329 bits per heavy atom. The molecule has 0 bridgehead atoms. The maximum absolute atomic E-state index is 10.4. The van der Waals surface area contributed by atoms with Crippen molar-refractivity contribution in [2.45, 2.75) is 0 Å². The van der Waals surface area contributed by atoms with Crippen LogP contribution in [0.1, 0.15) is 22.3 Å². The third-order valence-corrected chi connectivity index (χ3v) is 12.8. The zero-order chi connectivity index (χ0) is 47.3. The van der Waals surface area contributed by atoms with Gasteiger partial charge in [0.1, 0.15) is 0 Å². The summed E-state index contributed by atoms with van der Waals surface area (Å²) in [5.74, 6) is 1.30. The molecule has 0 aliphatic rings. The van der Waals surface area contributed by atoms with Crippen LogP contribution < -0.4 is 0 Å². The van der Waals surface area contributed by atoms with Crippen LogP contribution in [0.25, 0.3) is 111 Å². The summed E-state index contributed by atoms with van der Waals surface area (Å²) in [6.45, 7) is 0. The summed E-state index contributed by atoms with van der Waals surface area (Å²) in [7, 11) is 0. The fraction of sp³-hybridized carbons (Fsp3) is 0. The number of nitrogens with zero attached hydrogens (tertiary/aromatic N) is 9. The smallest absolute Gasteiger partial charge is 0.164 e. The van der Waals surface area contributed by atoms with Crippen LogP contribution in [0.5, 0.6) is 0 Å². The van der Waals surface area contributed by atoms with Gasteiger partial charge >= 0.3 is 0 Å². The van der Waals surface area contributed by atoms with Gasteiger partial charge in [0.25, 0.3) is 0 Å². The monoisotopic (exact) mass is 891 g/mol. The van der Waals surface area contributed by atoms with Crippen LogP contribution in [0.15, 0.2) is 200 Å². The molecule has 3 aromatic heterocycles. The first-order chi connectivity index (χ1) is 34.5. The predicted molar refractivity (Wildman–Crippen MR) is 275 cm³/mol. The first-order valence-electron chi connectivity index (χ1n) is 22.5. The lowest BCUT2D eigenvalue weighted by Crippen LogP contribution is -2.04. The Hall–Kier alpha value is -10.5. The molecule has 0 saturated heterocycles. The van der Waals surface area contributed by atoms with E-state index < -0.39 is 0 Å². The van der Waals surface area contributed by atoms with E-state index >= 15 is 0 Å². The molecule has 3 heterocycles. The highest BCUT2D eigenvalue weighted by molar-refractivity contribution is 6.26. The van der Waals surface area contributed by atoms with Crippen molar-refractivity contribution in [1.82, 2.24) is 24.1 Å². The van der Waals surface area contributed by atoms with Crippen LogP contribution in [0.3, 0.4) is 0 Å². The Morgan fingerprint density at radius 3 is 1.26 bits per heavy atom. The van der Waals surface area contributed by atoms with Gasteiger partial charge in [0.2, 0.25) is 0 Å². The number of fused-ring (bicyclic) bond motifs is 7. The molecule has 12 rings (SSSR count). The molecule has 0 saturated carbocycles. The fourth-order valence-electron chi connectivity index (χ4n) is 9.80. The Labute approximate surface area is 401 Å². The maximum atomic E-state index is 10.4. The molecular formula is C61H33N9. The quantitative estimate of drug-likeness (QED) is 0.155. The fourth-order valence-corrected chi connectivity index (χ4v) is 9.80. The van der Waals surface area contributed by atoms with Crippen LogP contribution in [0.2, 0.25) is 0 Å². The minimum absolute atomic E-state index is 0.305. The summed E-state index contributed by atoms with van der Waals surface area (Å²) in [5, 5.41) is 46.0. The lowest BCUT2D eigenvalue weighted by molar-refractivity contribution is 1.07. The number of para-hydroxylation sites is 3. The molecule has 322 valence electrons. The van der Waals surface area contributed by atoms with E-state index in [-0.39, 0.29) is 0 Å². The predicted octanol–water partition coefficient (Wildman–Crippen LogP) is 13.9. The van der Waals surface area contributed by atoms with E-state index in [1.54, 1.807) is 36.4 Å². The number of aromatic nitrogens is 5.